The molecule has 186 valence electrons. The van der Waals surface area contributed by atoms with Gasteiger partial charge in [-0.2, -0.15) is 0 Å². The molecule has 0 heterocycles. The second kappa shape index (κ2) is 11.4. The molecule has 0 aliphatic heterocycles. The monoisotopic (exact) mass is 478 g/mol. The molecular formula is C28H34N2O5. The Morgan fingerprint density at radius 3 is 2.23 bits per heavy atom. The van der Waals surface area contributed by atoms with Crippen LogP contribution >= 0.6 is 0 Å². The lowest BCUT2D eigenvalue weighted by Crippen LogP contribution is -2.46. The van der Waals surface area contributed by atoms with Crippen molar-refractivity contribution in [2.45, 2.75) is 56.9 Å². The highest BCUT2D eigenvalue weighted by Gasteiger charge is 2.33. The molecule has 35 heavy (non-hydrogen) atoms. The van der Waals surface area contributed by atoms with E-state index in [0.29, 0.717) is 19.4 Å². The third-order valence-corrected chi connectivity index (χ3v) is 7.32. The topological polar surface area (TPSA) is 95.9 Å². The maximum absolute atomic E-state index is 12.8. The molecule has 1 saturated carbocycles. The highest BCUT2D eigenvalue weighted by Crippen LogP contribution is 2.44. The molecule has 2 aliphatic rings. The van der Waals surface area contributed by atoms with Crippen molar-refractivity contribution in [1.82, 2.24) is 10.2 Å². The van der Waals surface area contributed by atoms with E-state index >= 15 is 0 Å². The SMILES string of the molecule is CN(CCCCC(=O)O)C(=O)CC(NC(=O)OCC1c2ccccc2-c2ccccc21)C1CCC1. The minimum atomic E-state index is -0.823. The van der Waals surface area contributed by atoms with Gasteiger partial charge in [0, 0.05) is 38.4 Å². The number of nitrogens with one attached hydrogen (secondary N) is 1. The number of alkyl carbamates (subject to hydrolysis) is 1. The molecule has 4 rings (SSSR count). The third-order valence-electron chi connectivity index (χ3n) is 7.32. The summed E-state index contributed by atoms with van der Waals surface area (Å²) in [5, 5.41) is 11.7. The van der Waals surface area contributed by atoms with E-state index in [4.69, 9.17) is 9.84 Å². The van der Waals surface area contributed by atoms with Crippen LogP contribution in [-0.4, -0.2) is 54.2 Å². The number of hydrogen-bond donors (Lipinski definition) is 2. The number of carbonyl (C=O) groups excluding carboxylic acids is 2. The molecule has 2 aromatic rings. The van der Waals surface area contributed by atoms with Crippen LogP contribution in [0, 0.1) is 5.92 Å². The van der Waals surface area contributed by atoms with Crippen molar-refractivity contribution in [3.63, 3.8) is 0 Å². The van der Waals surface area contributed by atoms with Crippen LogP contribution in [0.25, 0.3) is 11.1 Å². The summed E-state index contributed by atoms with van der Waals surface area (Å²) in [7, 11) is 1.73. The molecule has 2 aliphatic carbocycles. The van der Waals surface area contributed by atoms with Crippen LogP contribution < -0.4 is 5.32 Å². The van der Waals surface area contributed by atoms with Crippen molar-refractivity contribution >= 4 is 18.0 Å². The number of aliphatic carboxylic acids is 1. The molecule has 0 radical (unpaired) electrons. The number of rotatable bonds is 11. The quantitative estimate of drug-likeness (QED) is 0.453. The highest BCUT2D eigenvalue weighted by atomic mass is 16.5. The maximum Gasteiger partial charge on any atom is 0.407 e. The molecule has 1 unspecified atom stereocenters. The van der Waals surface area contributed by atoms with Gasteiger partial charge in [-0.15, -0.1) is 0 Å². The molecule has 0 bridgehead atoms. The highest BCUT2D eigenvalue weighted by molar-refractivity contribution is 5.79. The Morgan fingerprint density at radius 1 is 1.03 bits per heavy atom. The molecule has 0 aromatic heterocycles. The summed E-state index contributed by atoms with van der Waals surface area (Å²) < 4.78 is 5.70. The van der Waals surface area contributed by atoms with Crippen molar-refractivity contribution < 1.29 is 24.2 Å². The van der Waals surface area contributed by atoms with Crippen molar-refractivity contribution in [3.8, 4) is 11.1 Å². The van der Waals surface area contributed by atoms with E-state index in [1.165, 1.54) is 11.1 Å². The zero-order chi connectivity index (χ0) is 24.8. The second-order valence-electron chi connectivity index (χ2n) is 9.64. The smallest absolute Gasteiger partial charge is 0.407 e. The van der Waals surface area contributed by atoms with Gasteiger partial charge in [-0.1, -0.05) is 55.0 Å². The number of fused-ring (bicyclic) bond motifs is 3. The minimum Gasteiger partial charge on any atom is -0.481 e. The number of nitrogens with zero attached hydrogens (tertiary/aromatic N) is 1. The van der Waals surface area contributed by atoms with Gasteiger partial charge in [-0.05, 0) is 53.9 Å². The average Bonchev–Trinajstić information content (AvgIpc) is 3.13. The standard InChI is InChI=1S/C28H34N2O5/c1-30(16-7-6-15-27(32)33)26(31)17-25(19-9-8-10-19)29-28(34)35-18-24-22-13-4-2-11-20(22)21-12-3-5-14-23(21)24/h2-5,11-14,19,24-25H,6-10,15-18H2,1H3,(H,29,34)(H,32,33). The van der Waals surface area contributed by atoms with Gasteiger partial charge in [0.2, 0.25) is 5.91 Å². The number of carbonyl (C=O) groups is 3. The predicted octanol–water partition coefficient (Wildman–Crippen LogP) is 4.80. The third kappa shape index (κ3) is 6.02. The molecular weight excluding hydrogens is 444 g/mol. The van der Waals surface area contributed by atoms with Crippen molar-refractivity contribution in [2.75, 3.05) is 20.2 Å². The van der Waals surface area contributed by atoms with E-state index in [9.17, 15) is 14.4 Å². The molecule has 0 saturated heterocycles. The first-order valence-electron chi connectivity index (χ1n) is 12.5. The predicted molar refractivity (Wildman–Crippen MR) is 133 cm³/mol. The van der Waals surface area contributed by atoms with Crippen LogP contribution in [0.5, 0.6) is 0 Å². The second-order valence-corrected chi connectivity index (χ2v) is 9.64. The first-order valence-corrected chi connectivity index (χ1v) is 12.5. The lowest BCUT2D eigenvalue weighted by molar-refractivity contribution is -0.137. The number of unbranched alkanes of at least 4 members (excludes halogenated alkanes) is 1. The van der Waals surface area contributed by atoms with Gasteiger partial charge >= 0.3 is 12.1 Å². The Kier molecular flexibility index (Phi) is 8.06. The molecule has 7 nitrogen and oxygen atoms in total. The van der Waals surface area contributed by atoms with Gasteiger partial charge in [0.15, 0.2) is 0 Å². The van der Waals surface area contributed by atoms with Gasteiger partial charge in [-0.25, -0.2) is 4.79 Å². The van der Waals surface area contributed by atoms with E-state index in [-0.39, 0.29) is 43.2 Å². The number of carboxylic acids is 1. The Labute approximate surface area is 206 Å². The first kappa shape index (κ1) is 24.8. The zero-order valence-corrected chi connectivity index (χ0v) is 20.2. The van der Waals surface area contributed by atoms with Crippen LogP contribution in [0.15, 0.2) is 48.5 Å². The van der Waals surface area contributed by atoms with E-state index in [1.54, 1.807) is 11.9 Å². The van der Waals surface area contributed by atoms with E-state index < -0.39 is 12.1 Å². The summed E-state index contributed by atoms with van der Waals surface area (Å²) in [6.07, 6.45) is 4.11. The molecule has 2 N–H and O–H groups in total. The minimum absolute atomic E-state index is 0.00568. The lowest BCUT2D eigenvalue weighted by atomic mass is 9.78. The Balaban J connectivity index is 1.32. The van der Waals surface area contributed by atoms with E-state index in [0.717, 1.165) is 30.4 Å². The summed E-state index contributed by atoms with van der Waals surface area (Å²) in [5.41, 5.74) is 4.69. The summed E-state index contributed by atoms with van der Waals surface area (Å²) in [6.45, 7) is 0.753. The van der Waals surface area contributed by atoms with Crippen LogP contribution in [0.1, 0.15) is 62.0 Å². The Hall–Kier alpha value is -3.35. The fourth-order valence-electron chi connectivity index (χ4n) is 5.06. The van der Waals surface area contributed by atoms with Crippen molar-refractivity contribution in [1.29, 1.82) is 0 Å². The fourth-order valence-corrected chi connectivity index (χ4v) is 5.06. The summed E-state index contributed by atoms with van der Waals surface area (Å²) in [6, 6.07) is 16.2. The molecule has 1 fully saturated rings. The zero-order valence-electron chi connectivity index (χ0n) is 20.2. The normalized spacial score (nSPS) is 15.5. The Bertz CT molecular complexity index is 1020. The lowest BCUT2D eigenvalue weighted by Gasteiger charge is -2.34. The Morgan fingerprint density at radius 2 is 1.66 bits per heavy atom. The van der Waals surface area contributed by atoms with Crippen LogP contribution in [0.2, 0.25) is 0 Å². The van der Waals surface area contributed by atoms with E-state index in [1.807, 2.05) is 24.3 Å². The summed E-state index contributed by atoms with van der Waals surface area (Å²) in [4.78, 5) is 37.9. The van der Waals surface area contributed by atoms with E-state index in [2.05, 4.69) is 29.6 Å². The summed E-state index contributed by atoms with van der Waals surface area (Å²) in [5.74, 6) is -0.596. The number of carboxylic acid groups (broad SMARTS) is 1. The van der Waals surface area contributed by atoms with Crippen molar-refractivity contribution in [3.05, 3.63) is 59.7 Å². The molecule has 2 aromatic carbocycles. The number of hydrogen-bond acceptors (Lipinski definition) is 4. The van der Waals surface area contributed by atoms with Crippen molar-refractivity contribution in [2.24, 2.45) is 5.92 Å². The fraction of sp³-hybridized carbons (Fsp3) is 0.464. The van der Waals surface area contributed by atoms with Gasteiger partial charge in [0.05, 0.1) is 0 Å². The molecule has 2 amide bonds. The number of ether oxygens (including phenoxy) is 1. The molecule has 0 spiro atoms. The molecule has 7 heteroatoms. The summed E-state index contributed by atoms with van der Waals surface area (Å²) >= 11 is 0. The van der Waals surface area contributed by atoms with Gasteiger partial charge in [0.1, 0.15) is 6.61 Å². The van der Waals surface area contributed by atoms with Gasteiger partial charge in [-0.3, -0.25) is 9.59 Å². The molecule has 1 atom stereocenters. The maximum atomic E-state index is 12.8. The largest absolute Gasteiger partial charge is 0.481 e. The van der Waals surface area contributed by atoms with Crippen LogP contribution in [0.4, 0.5) is 4.79 Å². The van der Waals surface area contributed by atoms with Crippen LogP contribution in [-0.2, 0) is 14.3 Å². The van der Waals surface area contributed by atoms with Crippen LogP contribution in [0.3, 0.4) is 0 Å². The first-order chi connectivity index (χ1) is 16.9. The van der Waals surface area contributed by atoms with Gasteiger partial charge < -0.3 is 20.1 Å². The number of amides is 2. The number of benzene rings is 2. The average molecular weight is 479 g/mol. The van der Waals surface area contributed by atoms with Gasteiger partial charge in [0.25, 0.3) is 0 Å².